The van der Waals surface area contributed by atoms with E-state index in [1.54, 1.807) is 36.4 Å². The summed E-state index contributed by atoms with van der Waals surface area (Å²) >= 11 is 2.15. The summed E-state index contributed by atoms with van der Waals surface area (Å²) in [6, 6.07) is 19.1. The molecule has 0 unspecified atom stereocenters. The Morgan fingerprint density at radius 2 is 1.51 bits per heavy atom. The standard InChI is InChI=1S/C27H30N4O5S.CH3I/c1-19-10-11-22(28-26(32)21-7-5-9-24(17-21)31-12-14-36-15-13-31)18-25(19)29-27(33)20-6-4-8-23(16-20)30(2)37(3,34)35;1-2/h4-11,16-18H,12-15H2,1-3H3,(H,28,32)(H,29,33);1H3. The Kier molecular flexibility index (Phi) is 10.7. The quantitative estimate of drug-likeness (QED) is 0.278. The van der Waals surface area contributed by atoms with Crippen LogP contribution in [0.5, 0.6) is 0 Å². The summed E-state index contributed by atoms with van der Waals surface area (Å²) < 4.78 is 30.2. The molecule has 0 saturated carbocycles. The predicted octanol–water partition coefficient (Wildman–Crippen LogP) is 4.78. The van der Waals surface area contributed by atoms with Gasteiger partial charge in [-0.2, -0.15) is 0 Å². The number of carbonyl (C=O) groups is 2. The number of hydrogen-bond acceptors (Lipinski definition) is 6. The van der Waals surface area contributed by atoms with Crippen molar-refractivity contribution in [1.82, 2.24) is 0 Å². The van der Waals surface area contributed by atoms with Gasteiger partial charge in [0, 0.05) is 48.3 Å². The van der Waals surface area contributed by atoms with E-state index in [9.17, 15) is 18.0 Å². The SMILES string of the molecule is CI.Cc1ccc(NC(=O)c2cccc(N3CCOCC3)c2)cc1NC(=O)c1cccc(N(C)S(C)(=O)=O)c1. The van der Waals surface area contributed by atoms with Crippen LogP contribution in [0, 0.1) is 6.92 Å². The smallest absolute Gasteiger partial charge is 0.255 e. The zero-order valence-corrected chi connectivity index (χ0v) is 25.4. The summed E-state index contributed by atoms with van der Waals surface area (Å²) in [4.78, 5) is 30.1. The van der Waals surface area contributed by atoms with Crippen molar-refractivity contribution in [3.63, 3.8) is 0 Å². The first-order valence-corrected chi connectivity index (χ1v) is 16.2. The van der Waals surface area contributed by atoms with Crippen LogP contribution in [0.1, 0.15) is 26.3 Å². The lowest BCUT2D eigenvalue weighted by atomic mass is 10.1. The topological polar surface area (TPSA) is 108 Å². The lowest BCUT2D eigenvalue weighted by molar-refractivity contribution is 0.101. The fraction of sp³-hybridized carbons (Fsp3) is 0.286. The third-order valence-electron chi connectivity index (χ3n) is 6.20. The molecule has 0 radical (unpaired) electrons. The largest absolute Gasteiger partial charge is 0.378 e. The van der Waals surface area contributed by atoms with Crippen molar-refractivity contribution in [2.24, 2.45) is 0 Å². The van der Waals surface area contributed by atoms with Gasteiger partial charge in [0.1, 0.15) is 0 Å². The normalized spacial score (nSPS) is 13.1. The van der Waals surface area contributed by atoms with Gasteiger partial charge >= 0.3 is 0 Å². The van der Waals surface area contributed by atoms with Crippen molar-refractivity contribution in [3.8, 4) is 0 Å². The number of carbonyl (C=O) groups excluding carboxylic acids is 2. The van der Waals surface area contributed by atoms with Gasteiger partial charge in [0.05, 0.1) is 25.2 Å². The Morgan fingerprint density at radius 1 is 0.897 bits per heavy atom. The molecule has 1 aliphatic rings. The molecule has 1 saturated heterocycles. The third-order valence-corrected chi connectivity index (χ3v) is 7.40. The average molecular weight is 665 g/mol. The number of ether oxygens (including phenoxy) is 1. The molecule has 2 N–H and O–H groups in total. The van der Waals surface area contributed by atoms with Gasteiger partial charge in [-0.3, -0.25) is 13.9 Å². The molecule has 1 fully saturated rings. The Hall–Kier alpha value is -3.16. The van der Waals surface area contributed by atoms with Crippen LogP contribution in [0.15, 0.2) is 66.7 Å². The number of benzene rings is 3. The van der Waals surface area contributed by atoms with Crippen LogP contribution in [-0.4, -0.2) is 64.8 Å². The minimum absolute atomic E-state index is 0.257. The first-order chi connectivity index (χ1) is 18.6. The number of anilines is 4. The van der Waals surface area contributed by atoms with Crippen LogP contribution < -0.4 is 19.8 Å². The van der Waals surface area contributed by atoms with E-state index in [0.29, 0.717) is 41.4 Å². The molecule has 2 amide bonds. The molecule has 1 aliphatic heterocycles. The zero-order valence-electron chi connectivity index (χ0n) is 22.4. The maximum absolute atomic E-state index is 13.0. The summed E-state index contributed by atoms with van der Waals surface area (Å²) in [5, 5.41) is 5.76. The van der Waals surface area contributed by atoms with Gasteiger partial charge in [-0.15, -0.1) is 0 Å². The second-order valence-electron chi connectivity index (χ2n) is 8.87. The van der Waals surface area contributed by atoms with Crippen LogP contribution in [0.4, 0.5) is 22.7 Å². The first kappa shape index (κ1) is 30.4. The van der Waals surface area contributed by atoms with E-state index in [1.165, 1.54) is 13.1 Å². The maximum Gasteiger partial charge on any atom is 0.255 e. The molecule has 0 aromatic heterocycles. The molecule has 0 spiro atoms. The van der Waals surface area contributed by atoms with Gasteiger partial charge in [-0.25, -0.2) is 8.42 Å². The summed E-state index contributed by atoms with van der Waals surface area (Å²) in [5.74, 6) is -0.652. The molecule has 0 aliphatic carbocycles. The fourth-order valence-electron chi connectivity index (χ4n) is 3.93. The monoisotopic (exact) mass is 664 g/mol. The number of amides is 2. The highest BCUT2D eigenvalue weighted by atomic mass is 127. The highest BCUT2D eigenvalue weighted by molar-refractivity contribution is 14.1. The van der Waals surface area contributed by atoms with E-state index in [0.717, 1.165) is 34.9 Å². The highest BCUT2D eigenvalue weighted by Gasteiger charge is 2.16. The van der Waals surface area contributed by atoms with Crippen molar-refractivity contribution in [3.05, 3.63) is 83.4 Å². The van der Waals surface area contributed by atoms with Gasteiger partial charge in [0.25, 0.3) is 11.8 Å². The minimum Gasteiger partial charge on any atom is -0.378 e. The van der Waals surface area contributed by atoms with Gasteiger partial charge < -0.3 is 20.3 Å². The Morgan fingerprint density at radius 3 is 2.18 bits per heavy atom. The predicted molar refractivity (Wildman–Crippen MR) is 166 cm³/mol. The molecule has 39 heavy (non-hydrogen) atoms. The number of hydrogen-bond donors (Lipinski definition) is 2. The molecule has 208 valence electrons. The number of halogens is 1. The minimum atomic E-state index is -3.46. The molecule has 3 aromatic rings. The van der Waals surface area contributed by atoms with Crippen molar-refractivity contribution in [1.29, 1.82) is 0 Å². The number of rotatable bonds is 7. The van der Waals surface area contributed by atoms with Crippen molar-refractivity contribution >= 4 is 67.2 Å². The van der Waals surface area contributed by atoms with Crippen LogP contribution >= 0.6 is 22.6 Å². The van der Waals surface area contributed by atoms with Crippen LogP contribution in [0.2, 0.25) is 0 Å². The number of nitrogens with zero attached hydrogens (tertiary/aromatic N) is 2. The van der Waals surface area contributed by atoms with E-state index >= 15 is 0 Å². The molecule has 9 nitrogen and oxygen atoms in total. The van der Waals surface area contributed by atoms with E-state index in [-0.39, 0.29) is 5.91 Å². The zero-order chi connectivity index (χ0) is 28.6. The number of aryl methyl sites for hydroxylation is 1. The molecular formula is C28H33IN4O5S. The number of alkyl halides is 1. The number of nitrogens with one attached hydrogen (secondary N) is 2. The molecule has 1 heterocycles. The second-order valence-corrected chi connectivity index (χ2v) is 10.9. The third kappa shape index (κ3) is 8.16. The van der Waals surface area contributed by atoms with Gasteiger partial charge in [0.15, 0.2) is 0 Å². The van der Waals surface area contributed by atoms with Crippen LogP contribution in [0.25, 0.3) is 0 Å². The van der Waals surface area contributed by atoms with Crippen molar-refractivity contribution in [2.45, 2.75) is 6.92 Å². The molecular weight excluding hydrogens is 631 g/mol. The molecule has 0 atom stereocenters. The number of sulfonamides is 1. The van der Waals surface area contributed by atoms with E-state index in [1.807, 2.05) is 36.1 Å². The van der Waals surface area contributed by atoms with Crippen LogP contribution in [0.3, 0.4) is 0 Å². The Labute approximate surface area is 243 Å². The maximum atomic E-state index is 13.0. The fourth-order valence-corrected chi connectivity index (χ4v) is 4.43. The van der Waals surface area contributed by atoms with Gasteiger partial charge in [0.2, 0.25) is 10.0 Å². The van der Waals surface area contributed by atoms with Gasteiger partial charge in [-0.05, 0) is 65.9 Å². The Balaban J connectivity index is 0.00000205. The second kappa shape index (κ2) is 13.8. The lowest BCUT2D eigenvalue weighted by Gasteiger charge is -2.29. The average Bonchev–Trinajstić information content (AvgIpc) is 2.95. The number of morpholine rings is 1. The van der Waals surface area contributed by atoms with Crippen molar-refractivity contribution < 1.29 is 22.7 Å². The molecule has 4 rings (SSSR count). The highest BCUT2D eigenvalue weighted by Crippen LogP contribution is 2.24. The first-order valence-electron chi connectivity index (χ1n) is 12.2. The van der Waals surface area contributed by atoms with Crippen molar-refractivity contribution in [2.75, 3.05) is 64.4 Å². The van der Waals surface area contributed by atoms with Crippen LogP contribution in [-0.2, 0) is 14.8 Å². The van der Waals surface area contributed by atoms with E-state index < -0.39 is 15.9 Å². The Bertz CT molecular complexity index is 1420. The lowest BCUT2D eigenvalue weighted by Crippen LogP contribution is -2.36. The summed E-state index contributed by atoms with van der Waals surface area (Å²) in [7, 11) is -2.03. The summed E-state index contributed by atoms with van der Waals surface area (Å²) in [6.45, 7) is 4.72. The summed E-state index contributed by atoms with van der Waals surface area (Å²) in [5.41, 5.74) is 4.07. The molecule has 0 bridgehead atoms. The molecule has 3 aromatic carbocycles. The molecule has 11 heteroatoms. The summed E-state index contributed by atoms with van der Waals surface area (Å²) in [6.07, 6.45) is 1.10. The van der Waals surface area contributed by atoms with E-state index in [2.05, 4.69) is 38.1 Å². The van der Waals surface area contributed by atoms with E-state index in [4.69, 9.17) is 4.74 Å². The van der Waals surface area contributed by atoms with Gasteiger partial charge in [-0.1, -0.05) is 40.8 Å².